The molecule has 0 atom stereocenters. The fraction of sp³-hybridized carbons (Fsp3) is 0.400. The molecule has 1 aromatic heterocycles. The first-order valence-electron chi connectivity index (χ1n) is 9.16. The number of benzene rings is 1. The van der Waals surface area contributed by atoms with Gasteiger partial charge in [0, 0.05) is 60.1 Å². The zero-order valence-electron chi connectivity index (χ0n) is 16.2. The molecule has 1 aliphatic rings. The predicted octanol–water partition coefficient (Wildman–Crippen LogP) is 2.18. The van der Waals surface area contributed by atoms with Crippen molar-refractivity contribution >= 4 is 17.5 Å². The summed E-state index contributed by atoms with van der Waals surface area (Å²) >= 11 is 0. The monoisotopic (exact) mass is 370 g/mol. The van der Waals surface area contributed by atoms with Crippen molar-refractivity contribution < 1.29 is 4.39 Å². The van der Waals surface area contributed by atoms with Gasteiger partial charge in [-0.05, 0) is 29.8 Å². The number of pyridine rings is 1. The number of halogens is 1. The first kappa shape index (κ1) is 18.9. The minimum Gasteiger partial charge on any atom is -0.366 e. The Balaban J connectivity index is 1.56. The predicted molar refractivity (Wildman–Crippen MR) is 109 cm³/mol. The molecule has 2 aromatic rings. The van der Waals surface area contributed by atoms with Crippen molar-refractivity contribution in [2.45, 2.75) is 6.54 Å². The van der Waals surface area contributed by atoms with Crippen LogP contribution in [0.5, 0.6) is 0 Å². The number of aromatic nitrogens is 1. The molecule has 7 heteroatoms. The smallest absolute Gasteiger partial charge is 0.194 e. The highest BCUT2D eigenvalue weighted by Gasteiger charge is 2.21. The van der Waals surface area contributed by atoms with Gasteiger partial charge in [-0.25, -0.2) is 9.37 Å². The number of nitrogens with one attached hydrogen (secondary N) is 1. The molecular weight excluding hydrogens is 343 g/mol. The number of hydrogen-bond acceptors (Lipinski definition) is 4. The lowest BCUT2D eigenvalue weighted by molar-refractivity contribution is 0.370. The fourth-order valence-corrected chi connectivity index (χ4v) is 3.20. The Morgan fingerprint density at radius 1 is 1.19 bits per heavy atom. The van der Waals surface area contributed by atoms with Crippen LogP contribution in [0.25, 0.3) is 0 Å². The van der Waals surface area contributed by atoms with E-state index >= 15 is 0 Å². The summed E-state index contributed by atoms with van der Waals surface area (Å²) in [6.07, 6.45) is 1.82. The quantitative estimate of drug-likeness (QED) is 0.660. The van der Waals surface area contributed by atoms with Crippen molar-refractivity contribution in [1.29, 1.82) is 0 Å². The van der Waals surface area contributed by atoms with Gasteiger partial charge in [0.2, 0.25) is 0 Å². The molecule has 0 spiro atoms. The van der Waals surface area contributed by atoms with E-state index in [0.29, 0.717) is 12.2 Å². The van der Waals surface area contributed by atoms with E-state index < -0.39 is 0 Å². The molecular formula is C20H27FN6. The van der Waals surface area contributed by atoms with Gasteiger partial charge in [0.15, 0.2) is 5.96 Å². The summed E-state index contributed by atoms with van der Waals surface area (Å²) in [5.74, 6) is 1.64. The Morgan fingerprint density at radius 2 is 1.93 bits per heavy atom. The SMILES string of the molecule is CN=C(NCc1ccnc(N(C)C)c1)N1CCN(c2ccccc2F)CC1. The number of para-hydroxylation sites is 1. The van der Waals surface area contributed by atoms with E-state index in [1.165, 1.54) is 6.07 Å². The first-order chi connectivity index (χ1) is 13.1. The van der Waals surface area contributed by atoms with Gasteiger partial charge in [-0.1, -0.05) is 12.1 Å². The van der Waals surface area contributed by atoms with Gasteiger partial charge in [0.05, 0.1) is 5.69 Å². The van der Waals surface area contributed by atoms with Crippen LogP contribution >= 0.6 is 0 Å². The van der Waals surface area contributed by atoms with Gasteiger partial charge < -0.3 is 20.0 Å². The van der Waals surface area contributed by atoms with Crippen LogP contribution < -0.4 is 15.1 Å². The average Bonchev–Trinajstić information content (AvgIpc) is 2.69. The lowest BCUT2D eigenvalue weighted by atomic mass is 10.2. The molecule has 1 saturated heterocycles. The van der Waals surface area contributed by atoms with E-state index in [-0.39, 0.29) is 5.82 Å². The van der Waals surface area contributed by atoms with Crippen LogP contribution in [0.4, 0.5) is 15.9 Å². The van der Waals surface area contributed by atoms with E-state index in [2.05, 4.69) is 31.2 Å². The van der Waals surface area contributed by atoms with Crippen LogP contribution in [0.15, 0.2) is 47.6 Å². The highest BCUT2D eigenvalue weighted by molar-refractivity contribution is 5.80. The molecule has 2 heterocycles. The molecule has 0 radical (unpaired) electrons. The van der Waals surface area contributed by atoms with Gasteiger partial charge in [-0.15, -0.1) is 0 Å². The Hall–Kier alpha value is -2.83. The van der Waals surface area contributed by atoms with E-state index in [1.54, 1.807) is 13.1 Å². The summed E-state index contributed by atoms with van der Waals surface area (Å²) < 4.78 is 14.0. The van der Waals surface area contributed by atoms with Crippen LogP contribution in [0.1, 0.15) is 5.56 Å². The summed E-state index contributed by atoms with van der Waals surface area (Å²) in [6, 6.07) is 11.0. The summed E-state index contributed by atoms with van der Waals surface area (Å²) in [5, 5.41) is 3.42. The molecule has 1 aromatic carbocycles. The average molecular weight is 370 g/mol. The van der Waals surface area contributed by atoms with Gasteiger partial charge >= 0.3 is 0 Å². The maximum Gasteiger partial charge on any atom is 0.194 e. The van der Waals surface area contributed by atoms with Crippen molar-refractivity contribution in [3.05, 3.63) is 54.0 Å². The summed E-state index contributed by atoms with van der Waals surface area (Å²) in [5.41, 5.74) is 1.83. The van der Waals surface area contributed by atoms with Crippen LogP contribution in [0.2, 0.25) is 0 Å². The number of rotatable bonds is 4. The third-order valence-electron chi connectivity index (χ3n) is 4.70. The highest BCUT2D eigenvalue weighted by atomic mass is 19.1. The molecule has 1 aliphatic heterocycles. The second-order valence-corrected chi connectivity index (χ2v) is 6.74. The van der Waals surface area contributed by atoms with Crippen LogP contribution in [-0.2, 0) is 6.54 Å². The molecule has 3 rings (SSSR count). The Morgan fingerprint density at radius 3 is 2.59 bits per heavy atom. The Kier molecular flexibility index (Phi) is 6.11. The number of anilines is 2. The molecule has 0 amide bonds. The molecule has 0 bridgehead atoms. The van der Waals surface area contributed by atoms with E-state index in [4.69, 9.17) is 0 Å². The standard InChI is InChI=1S/C20H27FN6/c1-22-20(24-15-16-8-9-23-19(14-16)25(2)3)27-12-10-26(11-13-27)18-7-5-4-6-17(18)21/h4-9,14H,10-13,15H2,1-3H3,(H,22,24). The number of nitrogens with zero attached hydrogens (tertiary/aromatic N) is 5. The molecule has 27 heavy (non-hydrogen) atoms. The molecule has 6 nitrogen and oxygen atoms in total. The second-order valence-electron chi connectivity index (χ2n) is 6.74. The Bertz CT molecular complexity index is 784. The third-order valence-corrected chi connectivity index (χ3v) is 4.70. The lowest BCUT2D eigenvalue weighted by Crippen LogP contribution is -2.52. The second kappa shape index (κ2) is 8.70. The maximum atomic E-state index is 14.0. The molecule has 0 saturated carbocycles. The Labute approximate surface area is 160 Å². The van der Waals surface area contributed by atoms with Gasteiger partial charge in [0.1, 0.15) is 11.6 Å². The summed E-state index contributed by atoms with van der Waals surface area (Å²) in [4.78, 5) is 15.0. The molecule has 144 valence electrons. The zero-order valence-corrected chi connectivity index (χ0v) is 16.2. The topological polar surface area (TPSA) is 47.0 Å². The minimum absolute atomic E-state index is 0.164. The van der Waals surface area contributed by atoms with E-state index in [1.807, 2.05) is 43.4 Å². The lowest BCUT2D eigenvalue weighted by Gasteiger charge is -2.37. The number of guanidine groups is 1. The fourth-order valence-electron chi connectivity index (χ4n) is 3.20. The van der Waals surface area contributed by atoms with Gasteiger partial charge in [-0.3, -0.25) is 4.99 Å². The van der Waals surface area contributed by atoms with Gasteiger partial charge in [0.25, 0.3) is 0 Å². The molecule has 0 unspecified atom stereocenters. The normalized spacial score (nSPS) is 15.0. The van der Waals surface area contributed by atoms with Crippen LogP contribution in [-0.4, -0.2) is 63.2 Å². The first-order valence-corrected chi connectivity index (χ1v) is 9.16. The van der Waals surface area contributed by atoms with Crippen molar-refractivity contribution in [3.8, 4) is 0 Å². The summed E-state index contributed by atoms with van der Waals surface area (Å²) in [6.45, 7) is 3.81. The van der Waals surface area contributed by atoms with Crippen molar-refractivity contribution in [3.63, 3.8) is 0 Å². The summed E-state index contributed by atoms with van der Waals surface area (Å²) in [7, 11) is 5.75. The number of aliphatic imine (C=N–C) groups is 1. The van der Waals surface area contributed by atoms with Crippen LogP contribution in [0, 0.1) is 5.82 Å². The van der Waals surface area contributed by atoms with E-state index in [0.717, 1.165) is 43.5 Å². The van der Waals surface area contributed by atoms with Crippen molar-refractivity contribution in [1.82, 2.24) is 15.2 Å². The minimum atomic E-state index is -0.164. The maximum absolute atomic E-state index is 14.0. The van der Waals surface area contributed by atoms with Crippen LogP contribution in [0.3, 0.4) is 0 Å². The van der Waals surface area contributed by atoms with Gasteiger partial charge in [-0.2, -0.15) is 0 Å². The largest absolute Gasteiger partial charge is 0.366 e. The van der Waals surface area contributed by atoms with E-state index in [9.17, 15) is 4.39 Å². The van der Waals surface area contributed by atoms with Crippen molar-refractivity contribution in [2.24, 2.45) is 4.99 Å². The zero-order chi connectivity index (χ0) is 19.2. The number of hydrogen-bond donors (Lipinski definition) is 1. The number of piperazine rings is 1. The molecule has 0 aliphatic carbocycles. The van der Waals surface area contributed by atoms with Crippen molar-refractivity contribution in [2.75, 3.05) is 57.1 Å². The highest BCUT2D eigenvalue weighted by Crippen LogP contribution is 2.20. The molecule has 1 fully saturated rings. The molecule has 1 N–H and O–H groups in total. The third kappa shape index (κ3) is 4.67.